The van der Waals surface area contributed by atoms with Gasteiger partial charge in [-0.05, 0) is 19.4 Å². The molecule has 0 fully saturated rings. The van der Waals surface area contributed by atoms with Crippen molar-refractivity contribution in [3.8, 4) is 0 Å². The molecule has 19 heavy (non-hydrogen) atoms. The number of hydrogen-bond acceptors (Lipinski definition) is 4. The zero-order valence-electron chi connectivity index (χ0n) is 11.8. The molecule has 0 aliphatic rings. The Kier molecular flexibility index (Phi) is 7.67. The summed E-state index contributed by atoms with van der Waals surface area (Å²) in [4.78, 5) is 2.03. The summed E-state index contributed by atoms with van der Waals surface area (Å²) >= 11 is 0. The topological polar surface area (TPSA) is 52.9 Å². The minimum Gasteiger partial charge on any atom is -0.395 e. The van der Waals surface area contributed by atoms with E-state index in [9.17, 15) is 5.11 Å². The summed E-state index contributed by atoms with van der Waals surface area (Å²) < 4.78 is 5.39. The van der Waals surface area contributed by atoms with E-state index in [0.29, 0.717) is 19.7 Å². The van der Waals surface area contributed by atoms with Crippen LogP contribution in [0.25, 0.3) is 0 Å². The first-order valence-corrected chi connectivity index (χ1v) is 6.78. The molecule has 0 radical (unpaired) electrons. The minimum atomic E-state index is -0.530. The molecule has 1 aromatic carbocycles. The number of ether oxygens (including phenoxy) is 1. The van der Waals surface area contributed by atoms with Gasteiger partial charge >= 0.3 is 0 Å². The Morgan fingerprint density at radius 2 is 1.89 bits per heavy atom. The number of hydrogen-bond donors (Lipinski definition) is 2. The molecule has 0 heterocycles. The van der Waals surface area contributed by atoms with Crippen molar-refractivity contribution >= 4 is 0 Å². The summed E-state index contributed by atoms with van der Waals surface area (Å²) in [6.45, 7) is 6.08. The van der Waals surface area contributed by atoms with Gasteiger partial charge in [0.05, 0.1) is 25.4 Å². The molecule has 0 aliphatic heterocycles. The van der Waals surface area contributed by atoms with Crippen molar-refractivity contribution in [1.82, 2.24) is 4.90 Å². The Bertz CT molecular complexity index is 329. The van der Waals surface area contributed by atoms with Crippen LogP contribution in [0, 0.1) is 0 Å². The normalized spacial score (nSPS) is 13.2. The summed E-state index contributed by atoms with van der Waals surface area (Å²) in [5.74, 6) is 0. The third-order valence-corrected chi connectivity index (χ3v) is 2.76. The SMILES string of the molecule is CC(C)OC[C@H](O)CN(CCO)Cc1ccccc1. The molecule has 1 atom stereocenters. The van der Waals surface area contributed by atoms with Gasteiger partial charge in [0.25, 0.3) is 0 Å². The molecule has 0 amide bonds. The zero-order valence-corrected chi connectivity index (χ0v) is 11.8. The van der Waals surface area contributed by atoms with Crippen molar-refractivity contribution in [2.75, 3.05) is 26.3 Å². The van der Waals surface area contributed by atoms with E-state index in [1.807, 2.05) is 49.1 Å². The van der Waals surface area contributed by atoms with Gasteiger partial charge in [-0.3, -0.25) is 4.90 Å². The van der Waals surface area contributed by atoms with Crippen LogP contribution < -0.4 is 0 Å². The first-order valence-electron chi connectivity index (χ1n) is 6.78. The van der Waals surface area contributed by atoms with Gasteiger partial charge in [-0.25, -0.2) is 0 Å². The zero-order chi connectivity index (χ0) is 14.1. The highest BCUT2D eigenvalue weighted by molar-refractivity contribution is 5.14. The van der Waals surface area contributed by atoms with E-state index in [-0.39, 0.29) is 12.7 Å². The first kappa shape index (κ1) is 16.1. The van der Waals surface area contributed by atoms with E-state index in [0.717, 1.165) is 6.54 Å². The lowest BCUT2D eigenvalue weighted by molar-refractivity contribution is -0.0112. The first-order chi connectivity index (χ1) is 9.11. The molecule has 0 bridgehead atoms. The molecule has 0 unspecified atom stereocenters. The van der Waals surface area contributed by atoms with Crippen LogP contribution in [0.2, 0.25) is 0 Å². The molecule has 0 aromatic heterocycles. The fourth-order valence-electron chi connectivity index (χ4n) is 1.87. The Balaban J connectivity index is 2.43. The number of benzene rings is 1. The lowest BCUT2D eigenvalue weighted by Gasteiger charge is -2.24. The number of rotatable bonds is 9. The second-order valence-electron chi connectivity index (χ2n) is 4.98. The summed E-state index contributed by atoms with van der Waals surface area (Å²) in [5.41, 5.74) is 1.17. The van der Waals surface area contributed by atoms with Gasteiger partial charge in [-0.2, -0.15) is 0 Å². The van der Waals surface area contributed by atoms with Crippen LogP contribution in [0.5, 0.6) is 0 Å². The molecule has 4 heteroatoms. The number of aliphatic hydroxyl groups excluding tert-OH is 2. The van der Waals surface area contributed by atoms with Crippen molar-refractivity contribution < 1.29 is 14.9 Å². The van der Waals surface area contributed by atoms with E-state index in [1.165, 1.54) is 5.56 Å². The van der Waals surface area contributed by atoms with Crippen LogP contribution in [0.3, 0.4) is 0 Å². The fourth-order valence-corrected chi connectivity index (χ4v) is 1.87. The van der Waals surface area contributed by atoms with Gasteiger partial charge in [0.2, 0.25) is 0 Å². The highest BCUT2D eigenvalue weighted by Crippen LogP contribution is 2.05. The Morgan fingerprint density at radius 1 is 1.21 bits per heavy atom. The maximum absolute atomic E-state index is 9.92. The standard InChI is InChI=1S/C15H25NO3/c1-13(2)19-12-15(18)11-16(8-9-17)10-14-6-4-3-5-7-14/h3-7,13,15,17-18H,8-12H2,1-2H3/t15-/m1/s1. The van der Waals surface area contributed by atoms with Gasteiger partial charge in [0, 0.05) is 19.6 Å². The molecule has 0 spiro atoms. The molecule has 0 saturated heterocycles. The molecule has 4 nitrogen and oxygen atoms in total. The van der Waals surface area contributed by atoms with Gasteiger partial charge in [-0.1, -0.05) is 30.3 Å². The van der Waals surface area contributed by atoms with Crippen LogP contribution in [-0.4, -0.2) is 53.6 Å². The van der Waals surface area contributed by atoms with Crippen LogP contribution in [0.15, 0.2) is 30.3 Å². The van der Waals surface area contributed by atoms with Crippen LogP contribution in [-0.2, 0) is 11.3 Å². The highest BCUT2D eigenvalue weighted by Gasteiger charge is 2.12. The summed E-state index contributed by atoms with van der Waals surface area (Å²) in [6.07, 6.45) is -0.410. The van der Waals surface area contributed by atoms with Crippen LogP contribution in [0.4, 0.5) is 0 Å². The average Bonchev–Trinajstić information content (AvgIpc) is 2.38. The fraction of sp³-hybridized carbons (Fsp3) is 0.600. The molecule has 2 N–H and O–H groups in total. The van der Waals surface area contributed by atoms with E-state index in [2.05, 4.69) is 0 Å². The second kappa shape index (κ2) is 9.04. The molecule has 1 aromatic rings. The molecular weight excluding hydrogens is 242 g/mol. The molecule has 108 valence electrons. The van der Waals surface area contributed by atoms with Crippen molar-refractivity contribution in [2.45, 2.75) is 32.6 Å². The molecule has 0 aliphatic carbocycles. The van der Waals surface area contributed by atoms with E-state index < -0.39 is 6.10 Å². The van der Waals surface area contributed by atoms with Crippen LogP contribution in [0.1, 0.15) is 19.4 Å². The summed E-state index contributed by atoms with van der Waals surface area (Å²) in [6, 6.07) is 10.0. The van der Waals surface area contributed by atoms with E-state index in [1.54, 1.807) is 0 Å². The smallest absolute Gasteiger partial charge is 0.0900 e. The van der Waals surface area contributed by atoms with E-state index in [4.69, 9.17) is 9.84 Å². The Hall–Kier alpha value is -0.940. The van der Waals surface area contributed by atoms with Gasteiger partial charge in [0.1, 0.15) is 0 Å². The lowest BCUT2D eigenvalue weighted by atomic mass is 10.2. The number of aliphatic hydroxyl groups is 2. The summed E-state index contributed by atoms with van der Waals surface area (Å²) in [5, 5.41) is 19.0. The Labute approximate surface area is 115 Å². The van der Waals surface area contributed by atoms with E-state index >= 15 is 0 Å². The van der Waals surface area contributed by atoms with Crippen molar-refractivity contribution in [1.29, 1.82) is 0 Å². The Morgan fingerprint density at radius 3 is 2.47 bits per heavy atom. The summed E-state index contributed by atoms with van der Waals surface area (Å²) in [7, 11) is 0. The monoisotopic (exact) mass is 267 g/mol. The third-order valence-electron chi connectivity index (χ3n) is 2.76. The van der Waals surface area contributed by atoms with Crippen LogP contribution >= 0.6 is 0 Å². The van der Waals surface area contributed by atoms with Gasteiger partial charge < -0.3 is 14.9 Å². The highest BCUT2D eigenvalue weighted by atomic mass is 16.5. The maximum atomic E-state index is 9.92. The van der Waals surface area contributed by atoms with Gasteiger partial charge in [0.15, 0.2) is 0 Å². The van der Waals surface area contributed by atoms with Crippen molar-refractivity contribution in [3.63, 3.8) is 0 Å². The third kappa shape index (κ3) is 7.28. The largest absolute Gasteiger partial charge is 0.395 e. The average molecular weight is 267 g/mol. The lowest BCUT2D eigenvalue weighted by Crippen LogP contribution is -2.36. The molecule has 0 saturated carbocycles. The van der Waals surface area contributed by atoms with Crippen molar-refractivity contribution in [2.24, 2.45) is 0 Å². The van der Waals surface area contributed by atoms with Gasteiger partial charge in [-0.15, -0.1) is 0 Å². The van der Waals surface area contributed by atoms with Crippen molar-refractivity contribution in [3.05, 3.63) is 35.9 Å². The second-order valence-corrected chi connectivity index (χ2v) is 4.98. The minimum absolute atomic E-state index is 0.0879. The predicted octanol–water partition coefficient (Wildman–Crippen LogP) is 1.27. The number of nitrogens with zero attached hydrogens (tertiary/aromatic N) is 1. The predicted molar refractivity (Wildman–Crippen MR) is 75.9 cm³/mol. The maximum Gasteiger partial charge on any atom is 0.0900 e. The quantitative estimate of drug-likeness (QED) is 0.707. The molecule has 1 rings (SSSR count). The molecular formula is C15H25NO3.